The summed E-state index contributed by atoms with van der Waals surface area (Å²) in [6, 6.07) is 9.90. The van der Waals surface area contributed by atoms with Gasteiger partial charge in [0.1, 0.15) is 0 Å². The van der Waals surface area contributed by atoms with Crippen LogP contribution in [0.3, 0.4) is 0 Å². The highest BCUT2D eigenvalue weighted by Gasteiger charge is 2.22. The van der Waals surface area contributed by atoms with E-state index in [1.54, 1.807) is 36.7 Å². The molecule has 0 unspecified atom stereocenters. The van der Waals surface area contributed by atoms with Crippen molar-refractivity contribution in [2.24, 2.45) is 5.10 Å². The number of hydrogen-bond acceptors (Lipinski definition) is 5. The molecule has 1 amide bonds. The van der Waals surface area contributed by atoms with Gasteiger partial charge in [-0.3, -0.25) is 9.78 Å². The van der Waals surface area contributed by atoms with E-state index >= 15 is 0 Å². The summed E-state index contributed by atoms with van der Waals surface area (Å²) >= 11 is 0. The van der Waals surface area contributed by atoms with Crippen LogP contribution in [0.4, 0.5) is 0 Å². The van der Waals surface area contributed by atoms with Gasteiger partial charge in [-0.15, -0.1) is 0 Å². The van der Waals surface area contributed by atoms with Crippen LogP contribution in [0.15, 0.2) is 58.8 Å². The van der Waals surface area contributed by atoms with Crippen molar-refractivity contribution in [3.63, 3.8) is 0 Å². The number of hydrazone groups is 1. The van der Waals surface area contributed by atoms with Crippen LogP contribution in [-0.2, 0) is 14.8 Å². The van der Waals surface area contributed by atoms with E-state index in [1.807, 2.05) is 6.92 Å². The highest BCUT2D eigenvalue weighted by Crippen LogP contribution is 2.14. The Morgan fingerprint density at radius 1 is 1.21 bits per heavy atom. The number of amides is 1. The number of sulfonamides is 1. The number of carbonyl (C=O) groups is 1. The number of aryl methyl sites for hydroxylation is 1. The van der Waals surface area contributed by atoms with E-state index in [1.165, 1.54) is 25.4 Å². The van der Waals surface area contributed by atoms with Crippen molar-refractivity contribution in [2.45, 2.75) is 11.8 Å². The van der Waals surface area contributed by atoms with Gasteiger partial charge in [0.25, 0.3) is 5.91 Å². The summed E-state index contributed by atoms with van der Waals surface area (Å²) in [6.45, 7) is 1.54. The van der Waals surface area contributed by atoms with Crippen LogP contribution < -0.4 is 5.43 Å². The molecule has 0 aliphatic carbocycles. The minimum absolute atomic E-state index is 0.142. The molecular formula is C16H18N4O3S. The van der Waals surface area contributed by atoms with E-state index in [2.05, 4.69) is 15.5 Å². The second kappa shape index (κ2) is 7.80. The standard InChI is InChI=1S/C16H18N4O3S/c1-13-3-5-15(6-4-13)24(22,23)20(2)12-16(21)19-18-11-14-7-9-17-10-8-14/h3-11H,12H2,1-2H3,(H,19,21)/b18-11+. The van der Waals surface area contributed by atoms with Crippen molar-refractivity contribution < 1.29 is 13.2 Å². The molecule has 0 aliphatic heterocycles. The highest BCUT2D eigenvalue weighted by atomic mass is 32.2. The Bertz CT molecular complexity index is 818. The molecule has 8 heteroatoms. The molecule has 0 spiro atoms. The SMILES string of the molecule is Cc1ccc(S(=O)(=O)N(C)CC(=O)N/N=C/c2ccncc2)cc1. The van der Waals surface area contributed by atoms with E-state index in [0.717, 1.165) is 15.4 Å². The molecule has 126 valence electrons. The Morgan fingerprint density at radius 3 is 2.46 bits per heavy atom. The average molecular weight is 346 g/mol. The third kappa shape index (κ3) is 4.71. The fraction of sp³-hybridized carbons (Fsp3) is 0.188. The number of hydrogen-bond donors (Lipinski definition) is 1. The van der Waals surface area contributed by atoms with Crippen molar-refractivity contribution in [3.05, 3.63) is 59.9 Å². The first-order chi connectivity index (χ1) is 11.4. The fourth-order valence-electron chi connectivity index (χ4n) is 1.84. The van der Waals surface area contributed by atoms with E-state index in [9.17, 15) is 13.2 Å². The topological polar surface area (TPSA) is 91.7 Å². The number of likely N-dealkylation sites (N-methyl/N-ethyl adjacent to an activating group) is 1. The molecule has 7 nitrogen and oxygen atoms in total. The number of rotatable bonds is 6. The van der Waals surface area contributed by atoms with Gasteiger partial charge in [0.05, 0.1) is 17.7 Å². The average Bonchev–Trinajstić information content (AvgIpc) is 2.56. The lowest BCUT2D eigenvalue weighted by atomic mass is 10.2. The van der Waals surface area contributed by atoms with Gasteiger partial charge >= 0.3 is 0 Å². The molecule has 0 bridgehead atoms. The molecule has 1 N–H and O–H groups in total. The molecule has 0 fully saturated rings. The maximum Gasteiger partial charge on any atom is 0.255 e. The number of aromatic nitrogens is 1. The molecule has 2 aromatic rings. The predicted molar refractivity (Wildman–Crippen MR) is 91.0 cm³/mol. The first-order valence-electron chi connectivity index (χ1n) is 7.14. The number of benzene rings is 1. The summed E-state index contributed by atoms with van der Waals surface area (Å²) < 4.78 is 25.7. The normalized spacial score (nSPS) is 11.8. The molecular weight excluding hydrogens is 328 g/mol. The molecule has 1 heterocycles. The van der Waals surface area contributed by atoms with Crippen molar-refractivity contribution in [2.75, 3.05) is 13.6 Å². The number of nitrogens with zero attached hydrogens (tertiary/aromatic N) is 3. The Morgan fingerprint density at radius 2 is 1.83 bits per heavy atom. The molecule has 2 rings (SSSR count). The summed E-state index contributed by atoms with van der Waals surface area (Å²) in [5.41, 5.74) is 4.03. The van der Waals surface area contributed by atoms with Crippen LogP contribution in [0.5, 0.6) is 0 Å². The van der Waals surface area contributed by atoms with Gasteiger partial charge in [0, 0.05) is 19.4 Å². The molecule has 0 aliphatic rings. The Hall–Kier alpha value is -2.58. The van der Waals surface area contributed by atoms with E-state index in [4.69, 9.17) is 0 Å². The van der Waals surface area contributed by atoms with Crippen LogP contribution in [0.25, 0.3) is 0 Å². The lowest BCUT2D eigenvalue weighted by molar-refractivity contribution is -0.121. The van der Waals surface area contributed by atoms with E-state index in [-0.39, 0.29) is 11.4 Å². The number of nitrogens with one attached hydrogen (secondary N) is 1. The van der Waals surface area contributed by atoms with Gasteiger partial charge in [-0.2, -0.15) is 9.41 Å². The van der Waals surface area contributed by atoms with Crippen LogP contribution in [-0.4, -0.2) is 43.4 Å². The first kappa shape index (κ1) is 17.8. The monoisotopic (exact) mass is 346 g/mol. The van der Waals surface area contributed by atoms with Gasteiger partial charge in [-0.25, -0.2) is 13.8 Å². The molecule has 1 aromatic heterocycles. The molecule has 0 saturated carbocycles. The van der Waals surface area contributed by atoms with Gasteiger partial charge < -0.3 is 0 Å². The number of carbonyl (C=O) groups excluding carboxylic acids is 1. The van der Waals surface area contributed by atoms with E-state index in [0.29, 0.717) is 0 Å². The maximum atomic E-state index is 12.4. The smallest absolute Gasteiger partial charge is 0.255 e. The minimum atomic E-state index is -3.72. The second-order valence-corrected chi connectivity index (χ2v) is 7.19. The van der Waals surface area contributed by atoms with Crippen molar-refractivity contribution in [3.8, 4) is 0 Å². The van der Waals surface area contributed by atoms with Crippen molar-refractivity contribution >= 4 is 22.1 Å². The third-order valence-corrected chi connectivity index (χ3v) is 5.02. The Labute approximate surface area is 141 Å². The van der Waals surface area contributed by atoms with Gasteiger partial charge in [0.2, 0.25) is 10.0 Å². The summed E-state index contributed by atoms with van der Waals surface area (Å²) in [7, 11) is -2.37. The molecule has 0 saturated heterocycles. The summed E-state index contributed by atoms with van der Waals surface area (Å²) in [5.74, 6) is -0.529. The second-order valence-electron chi connectivity index (χ2n) is 5.15. The summed E-state index contributed by atoms with van der Waals surface area (Å²) in [4.78, 5) is 15.8. The van der Waals surface area contributed by atoms with Crippen LogP contribution in [0.2, 0.25) is 0 Å². The Balaban J connectivity index is 1.95. The molecule has 1 aromatic carbocycles. The maximum absolute atomic E-state index is 12.4. The lowest BCUT2D eigenvalue weighted by Gasteiger charge is -2.16. The molecule has 0 atom stereocenters. The quantitative estimate of drug-likeness (QED) is 0.628. The number of pyridine rings is 1. The third-order valence-electron chi connectivity index (χ3n) is 3.20. The van der Waals surface area contributed by atoms with Gasteiger partial charge in [-0.05, 0) is 36.8 Å². The zero-order valence-electron chi connectivity index (χ0n) is 13.4. The summed E-state index contributed by atoms with van der Waals surface area (Å²) in [6.07, 6.45) is 4.66. The van der Waals surface area contributed by atoms with E-state index < -0.39 is 15.9 Å². The van der Waals surface area contributed by atoms with Crippen LogP contribution >= 0.6 is 0 Å². The summed E-state index contributed by atoms with van der Waals surface area (Å²) in [5, 5.41) is 3.79. The van der Waals surface area contributed by atoms with Crippen molar-refractivity contribution in [1.82, 2.24) is 14.7 Å². The van der Waals surface area contributed by atoms with Gasteiger partial charge in [0.15, 0.2) is 0 Å². The highest BCUT2D eigenvalue weighted by molar-refractivity contribution is 7.89. The largest absolute Gasteiger partial charge is 0.272 e. The fourth-order valence-corrected chi connectivity index (χ4v) is 2.97. The lowest BCUT2D eigenvalue weighted by Crippen LogP contribution is -2.36. The molecule has 0 radical (unpaired) electrons. The van der Waals surface area contributed by atoms with Crippen LogP contribution in [0, 0.1) is 6.92 Å². The molecule has 24 heavy (non-hydrogen) atoms. The van der Waals surface area contributed by atoms with Crippen LogP contribution in [0.1, 0.15) is 11.1 Å². The predicted octanol–water partition coefficient (Wildman–Crippen LogP) is 1.16. The zero-order valence-corrected chi connectivity index (χ0v) is 14.2. The Kier molecular flexibility index (Phi) is 5.78. The first-order valence-corrected chi connectivity index (χ1v) is 8.58. The van der Waals surface area contributed by atoms with Crippen molar-refractivity contribution in [1.29, 1.82) is 0 Å². The van der Waals surface area contributed by atoms with Gasteiger partial charge in [-0.1, -0.05) is 17.7 Å². The zero-order chi connectivity index (χ0) is 17.6. The minimum Gasteiger partial charge on any atom is -0.272 e.